The molecule has 0 amide bonds. The molecule has 0 atom stereocenters. The lowest BCUT2D eigenvalue weighted by atomic mass is 10.3. The lowest BCUT2D eigenvalue weighted by Crippen LogP contribution is -2.39. The summed E-state index contributed by atoms with van der Waals surface area (Å²) in [5.41, 5.74) is 1.01. The van der Waals surface area contributed by atoms with E-state index >= 15 is 0 Å². The van der Waals surface area contributed by atoms with Gasteiger partial charge in [0.05, 0.1) is 12.2 Å². The van der Waals surface area contributed by atoms with Crippen LogP contribution in [0.25, 0.3) is 4.96 Å². The summed E-state index contributed by atoms with van der Waals surface area (Å²) in [7, 11) is 2.09. The smallest absolute Gasteiger partial charge is 0.194 e. The van der Waals surface area contributed by atoms with Gasteiger partial charge < -0.3 is 10.2 Å². The van der Waals surface area contributed by atoms with Crippen molar-refractivity contribution in [2.45, 2.75) is 33.2 Å². The molecule has 1 N–H and O–H groups in total. The number of hydrogen-bond acceptors (Lipinski definition) is 3. The average Bonchev–Trinajstić information content (AvgIpc) is 3.01. The monoisotopic (exact) mass is 421 g/mol. The van der Waals surface area contributed by atoms with Crippen LogP contribution in [-0.4, -0.2) is 40.4 Å². The molecule has 21 heavy (non-hydrogen) atoms. The van der Waals surface area contributed by atoms with Gasteiger partial charge in [-0.1, -0.05) is 13.3 Å². The number of nitrogens with zero attached hydrogens (tertiary/aromatic N) is 4. The van der Waals surface area contributed by atoms with Gasteiger partial charge in [-0.05, 0) is 13.3 Å². The quantitative estimate of drug-likeness (QED) is 0.443. The summed E-state index contributed by atoms with van der Waals surface area (Å²) in [5.74, 6) is 0.956. The lowest BCUT2D eigenvalue weighted by Gasteiger charge is -2.21. The van der Waals surface area contributed by atoms with Gasteiger partial charge in [0.1, 0.15) is 0 Å². The molecule has 0 saturated carbocycles. The van der Waals surface area contributed by atoms with E-state index in [2.05, 4.69) is 41.1 Å². The van der Waals surface area contributed by atoms with Crippen LogP contribution in [0.15, 0.2) is 22.8 Å². The third kappa shape index (κ3) is 5.14. The highest BCUT2D eigenvalue weighted by atomic mass is 127. The van der Waals surface area contributed by atoms with Gasteiger partial charge in [-0.3, -0.25) is 4.40 Å². The summed E-state index contributed by atoms with van der Waals surface area (Å²) >= 11 is 1.65. The Bertz CT molecular complexity index is 534. The predicted molar refractivity (Wildman–Crippen MR) is 101 cm³/mol. The van der Waals surface area contributed by atoms with E-state index in [-0.39, 0.29) is 24.0 Å². The first-order chi connectivity index (χ1) is 9.74. The molecule has 0 radical (unpaired) electrons. The minimum Gasteiger partial charge on any atom is -0.357 e. The SMILES string of the molecule is CCCCN(C)C(=NCc1cn2ccsc2n1)NCC.I. The summed E-state index contributed by atoms with van der Waals surface area (Å²) in [5, 5.41) is 5.37. The highest BCUT2D eigenvalue weighted by Crippen LogP contribution is 2.11. The number of nitrogens with one attached hydrogen (secondary N) is 1. The van der Waals surface area contributed by atoms with Crippen molar-refractivity contribution in [2.75, 3.05) is 20.1 Å². The Morgan fingerprint density at radius 1 is 1.48 bits per heavy atom. The van der Waals surface area contributed by atoms with E-state index in [0.717, 1.165) is 29.7 Å². The van der Waals surface area contributed by atoms with Crippen molar-refractivity contribution in [1.82, 2.24) is 19.6 Å². The van der Waals surface area contributed by atoms with E-state index in [1.807, 2.05) is 22.2 Å². The van der Waals surface area contributed by atoms with Crippen molar-refractivity contribution in [3.63, 3.8) is 0 Å². The molecule has 0 aliphatic heterocycles. The van der Waals surface area contributed by atoms with Gasteiger partial charge in [-0.25, -0.2) is 9.98 Å². The van der Waals surface area contributed by atoms with E-state index in [1.54, 1.807) is 11.3 Å². The van der Waals surface area contributed by atoms with Crippen molar-refractivity contribution in [2.24, 2.45) is 4.99 Å². The third-order valence-electron chi connectivity index (χ3n) is 3.08. The lowest BCUT2D eigenvalue weighted by molar-refractivity contribution is 0.464. The van der Waals surface area contributed by atoms with Gasteiger partial charge in [-0.2, -0.15) is 0 Å². The largest absolute Gasteiger partial charge is 0.357 e. The number of aromatic nitrogens is 2. The Morgan fingerprint density at radius 3 is 2.95 bits per heavy atom. The minimum absolute atomic E-state index is 0. The number of fused-ring (bicyclic) bond motifs is 1. The maximum atomic E-state index is 4.67. The van der Waals surface area contributed by atoms with E-state index in [1.165, 1.54) is 12.8 Å². The van der Waals surface area contributed by atoms with Crippen molar-refractivity contribution in [3.8, 4) is 0 Å². The number of thiazole rings is 1. The fraction of sp³-hybridized carbons (Fsp3) is 0.571. The first kappa shape index (κ1) is 18.2. The summed E-state index contributed by atoms with van der Waals surface area (Å²) in [4.78, 5) is 12.4. The summed E-state index contributed by atoms with van der Waals surface area (Å²) < 4.78 is 2.04. The third-order valence-corrected chi connectivity index (χ3v) is 3.85. The van der Waals surface area contributed by atoms with Crippen LogP contribution in [0.3, 0.4) is 0 Å². The number of rotatable bonds is 6. The highest BCUT2D eigenvalue weighted by Gasteiger charge is 2.06. The standard InChI is InChI=1S/C14H23N5S.HI/c1-4-6-7-18(3)13(15-5-2)16-10-12-11-19-8-9-20-14(19)17-12;/h8-9,11H,4-7,10H2,1-3H3,(H,15,16);1H. The van der Waals surface area contributed by atoms with Crippen molar-refractivity contribution in [3.05, 3.63) is 23.5 Å². The second kappa shape index (κ2) is 9.24. The van der Waals surface area contributed by atoms with Gasteiger partial charge >= 0.3 is 0 Å². The number of guanidine groups is 1. The van der Waals surface area contributed by atoms with Crippen LogP contribution in [0.1, 0.15) is 32.4 Å². The van der Waals surface area contributed by atoms with Crippen LogP contribution >= 0.6 is 35.3 Å². The molecule has 5 nitrogen and oxygen atoms in total. The normalized spacial score (nSPS) is 11.5. The van der Waals surface area contributed by atoms with E-state index in [4.69, 9.17) is 0 Å². The van der Waals surface area contributed by atoms with Crippen LogP contribution in [0, 0.1) is 0 Å². The van der Waals surface area contributed by atoms with E-state index in [0.29, 0.717) is 6.54 Å². The van der Waals surface area contributed by atoms with Crippen LogP contribution in [-0.2, 0) is 6.54 Å². The minimum atomic E-state index is 0. The first-order valence-electron chi connectivity index (χ1n) is 7.15. The van der Waals surface area contributed by atoms with Gasteiger partial charge in [0.25, 0.3) is 0 Å². The fourth-order valence-electron chi connectivity index (χ4n) is 1.98. The molecule has 0 aliphatic rings. The molecule has 0 bridgehead atoms. The molecule has 0 aromatic carbocycles. The second-order valence-corrected chi connectivity index (χ2v) is 5.64. The van der Waals surface area contributed by atoms with Gasteiger partial charge in [0.15, 0.2) is 10.9 Å². The molecule has 118 valence electrons. The summed E-state index contributed by atoms with van der Waals surface area (Å²) in [6.45, 7) is 6.83. The molecule has 7 heteroatoms. The Balaban J connectivity index is 0.00000220. The number of unbranched alkanes of at least 4 members (excludes halogenated alkanes) is 1. The van der Waals surface area contributed by atoms with Crippen LogP contribution < -0.4 is 5.32 Å². The maximum Gasteiger partial charge on any atom is 0.194 e. The zero-order valence-electron chi connectivity index (χ0n) is 12.9. The molecule has 0 spiro atoms. The van der Waals surface area contributed by atoms with Crippen molar-refractivity contribution >= 4 is 46.2 Å². The van der Waals surface area contributed by atoms with Gasteiger partial charge in [0.2, 0.25) is 0 Å². The zero-order chi connectivity index (χ0) is 14.4. The average molecular weight is 421 g/mol. The molecule has 2 heterocycles. The Labute approximate surface area is 147 Å². The second-order valence-electron chi connectivity index (χ2n) is 4.77. The molecule has 2 aromatic rings. The van der Waals surface area contributed by atoms with E-state index < -0.39 is 0 Å². The first-order valence-corrected chi connectivity index (χ1v) is 8.03. The van der Waals surface area contributed by atoms with Gasteiger partial charge in [-0.15, -0.1) is 35.3 Å². The predicted octanol–water partition coefficient (Wildman–Crippen LogP) is 3.21. The number of aliphatic imine (C=N–C) groups is 1. The number of halogens is 1. The van der Waals surface area contributed by atoms with Crippen LogP contribution in [0.4, 0.5) is 0 Å². The number of imidazole rings is 1. The Morgan fingerprint density at radius 2 is 2.29 bits per heavy atom. The Kier molecular flexibility index (Phi) is 8.02. The van der Waals surface area contributed by atoms with Crippen molar-refractivity contribution < 1.29 is 0 Å². The maximum absolute atomic E-state index is 4.67. The molecular weight excluding hydrogens is 397 g/mol. The molecular formula is C14H24IN5S. The zero-order valence-corrected chi connectivity index (χ0v) is 16.0. The molecule has 0 saturated heterocycles. The fourth-order valence-corrected chi connectivity index (χ4v) is 2.70. The Hall–Kier alpha value is -0.830. The van der Waals surface area contributed by atoms with Crippen LogP contribution in [0.2, 0.25) is 0 Å². The van der Waals surface area contributed by atoms with Crippen LogP contribution in [0.5, 0.6) is 0 Å². The van der Waals surface area contributed by atoms with Gasteiger partial charge in [0, 0.05) is 37.9 Å². The van der Waals surface area contributed by atoms with E-state index in [9.17, 15) is 0 Å². The topological polar surface area (TPSA) is 44.9 Å². The van der Waals surface area contributed by atoms with Crippen molar-refractivity contribution in [1.29, 1.82) is 0 Å². The molecule has 2 aromatic heterocycles. The molecule has 0 fully saturated rings. The number of hydrogen-bond donors (Lipinski definition) is 1. The highest BCUT2D eigenvalue weighted by molar-refractivity contribution is 14.0. The molecule has 0 aliphatic carbocycles. The molecule has 0 unspecified atom stereocenters. The molecule has 2 rings (SSSR count). The summed E-state index contributed by atoms with van der Waals surface area (Å²) in [6, 6.07) is 0. The summed E-state index contributed by atoms with van der Waals surface area (Å²) in [6.07, 6.45) is 6.45.